The highest BCUT2D eigenvalue weighted by Gasteiger charge is 2.41. The largest absolute Gasteiger partial charge is 0.371 e. The Hall–Kier alpha value is -1.22. The van der Waals surface area contributed by atoms with Crippen molar-refractivity contribution in [2.45, 2.75) is 64.0 Å². The molecule has 1 aliphatic heterocycles. The Kier molecular flexibility index (Phi) is 4.52. The van der Waals surface area contributed by atoms with Crippen LogP contribution in [0.25, 0.3) is 0 Å². The predicted octanol–water partition coefficient (Wildman–Crippen LogP) is 4.85. The zero-order valence-electron chi connectivity index (χ0n) is 13.2. The Morgan fingerprint density at radius 2 is 1.62 bits per heavy atom. The topological polar surface area (TPSA) is 36.4 Å². The van der Waals surface area contributed by atoms with E-state index in [2.05, 4.69) is 55.7 Å². The monoisotopic (exact) mass is 307 g/mol. The number of hydrogen-bond acceptors (Lipinski definition) is 2. The van der Waals surface area contributed by atoms with E-state index in [1.165, 1.54) is 37.8 Å². The van der Waals surface area contributed by atoms with E-state index in [1.807, 2.05) is 0 Å². The summed E-state index contributed by atoms with van der Waals surface area (Å²) in [5, 5.41) is 7.39. The van der Waals surface area contributed by atoms with Crippen molar-refractivity contribution in [3.05, 3.63) is 24.3 Å². The summed E-state index contributed by atoms with van der Waals surface area (Å²) in [7, 11) is 0. The van der Waals surface area contributed by atoms with Crippen molar-refractivity contribution in [3.63, 3.8) is 0 Å². The van der Waals surface area contributed by atoms with Crippen molar-refractivity contribution >= 4 is 29.6 Å². The molecule has 4 heteroatoms. The van der Waals surface area contributed by atoms with Crippen LogP contribution in [0.1, 0.15) is 52.9 Å². The van der Waals surface area contributed by atoms with Gasteiger partial charge in [-0.1, -0.05) is 31.4 Å². The molecule has 3 nitrogen and oxygen atoms in total. The molecule has 1 fully saturated rings. The molecule has 21 heavy (non-hydrogen) atoms. The highest BCUT2D eigenvalue weighted by molar-refractivity contribution is 6.09. The van der Waals surface area contributed by atoms with Crippen molar-refractivity contribution < 1.29 is 0 Å². The van der Waals surface area contributed by atoms with Crippen LogP contribution in [0.5, 0.6) is 0 Å². The fourth-order valence-electron chi connectivity index (χ4n) is 3.25. The van der Waals surface area contributed by atoms with Crippen LogP contribution in [-0.2, 0) is 0 Å². The smallest absolute Gasteiger partial charge is 0.127 e. The van der Waals surface area contributed by atoms with Gasteiger partial charge in [0.2, 0.25) is 0 Å². The Morgan fingerprint density at radius 3 is 2.24 bits per heavy atom. The van der Waals surface area contributed by atoms with Crippen LogP contribution in [0.2, 0.25) is 0 Å². The molecule has 0 aromatic heterocycles. The molecule has 1 aromatic carbocycles. The molecule has 3 rings (SSSR count). The molecule has 0 bridgehead atoms. The Labute approximate surface area is 134 Å². The summed E-state index contributed by atoms with van der Waals surface area (Å²) in [6, 6.07) is 8.44. The molecule has 2 N–H and O–H groups in total. The van der Waals surface area contributed by atoms with E-state index in [0.29, 0.717) is 0 Å². The van der Waals surface area contributed by atoms with Crippen molar-refractivity contribution in [1.82, 2.24) is 0 Å². The summed E-state index contributed by atoms with van der Waals surface area (Å²) in [5.41, 5.74) is 2.31. The third kappa shape index (κ3) is 3.34. The fraction of sp³-hybridized carbons (Fsp3) is 0.588. The fourth-order valence-corrected chi connectivity index (χ4v) is 3.25. The molecular formula is C17H26ClN3. The second-order valence-corrected chi connectivity index (χ2v) is 7.07. The van der Waals surface area contributed by atoms with Crippen molar-refractivity contribution in [1.29, 1.82) is 0 Å². The van der Waals surface area contributed by atoms with Crippen LogP contribution in [0, 0.1) is 0 Å². The molecule has 1 aliphatic carbocycles. The lowest BCUT2D eigenvalue weighted by atomic mass is 9.78. The van der Waals surface area contributed by atoms with E-state index in [-0.39, 0.29) is 23.5 Å². The van der Waals surface area contributed by atoms with E-state index < -0.39 is 0 Å². The van der Waals surface area contributed by atoms with Gasteiger partial charge in [0.05, 0.1) is 22.5 Å². The molecule has 1 spiro atoms. The number of rotatable bonds is 0. The molecule has 1 aromatic rings. The average Bonchev–Trinajstić information content (AvgIpc) is 2.39. The summed E-state index contributed by atoms with van der Waals surface area (Å²) < 4.78 is 0. The maximum atomic E-state index is 4.99. The predicted molar refractivity (Wildman–Crippen MR) is 93.9 cm³/mol. The average molecular weight is 308 g/mol. The normalized spacial score (nSPS) is 22.0. The van der Waals surface area contributed by atoms with Crippen LogP contribution in [-0.4, -0.2) is 16.9 Å². The molecule has 0 unspecified atom stereocenters. The second-order valence-electron chi connectivity index (χ2n) is 7.07. The van der Waals surface area contributed by atoms with Gasteiger partial charge >= 0.3 is 0 Å². The number of halogens is 1. The Balaban J connectivity index is 0.00000161. The minimum absolute atomic E-state index is 0. The number of nitrogens with one attached hydrogen (secondary N) is 2. The van der Waals surface area contributed by atoms with Gasteiger partial charge in [-0.25, -0.2) is 0 Å². The number of fused-ring (bicyclic) bond motifs is 1. The molecular weight excluding hydrogens is 282 g/mol. The molecule has 0 amide bonds. The van der Waals surface area contributed by atoms with E-state index in [1.54, 1.807) is 0 Å². The van der Waals surface area contributed by atoms with Crippen molar-refractivity contribution in [2.75, 3.05) is 10.6 Å². The lowest BCUT2D eigenvalue weighted by molar-refractivity contribution is 0.399. The third-order valence-electron chi connectivity index (χ3n) is 4.16. The Bertz CT molecular complexity index is 525. The highest BCUT2D eigenvalue weighted by Crippen LogP contribution is 2.39. The van der Waals surface area contributed by atoms with Gasteiger partial charge in [-0.3, -0.25) is 4.99 Å². The van der Waals surface area contributed by atoms with Gasteiger partial charge in [-0.15, -0.1) is 12.4 Å². The van der Waals surface area contributed by atoms with Gasteiger partial charge in [0.15, 0.2) is 0 Å². The SMILES string of the molecule is CC(C)(C)N=C1Nc2ccccc2NC12CCCCC2.Cl. The van der Waals surface area contributed by atoms with E-state index in [4.69, 9.17) is 4.99 Å². The van der Waals surface area contributed by atoms with E-state index in [9.17, 15) is 0 Å². The van der Waals surface area contributed by atoms with Gasteiger partial charge in [-0.2, -0.15) is 0 Å². The number of amidine groups is 1. The van der Waals surface area contributed by atoms with Gasteiger partial charge in [0.1, 0.15) is 5.84 Å². The third-order valence-corrected chi connectivity index (χ3v) is 4.16. The van der Waals surface area contributed by atoms with Crippen LogP contribution in [0.15, 0.2) is 29.3 Å². The first-order valence-corrected chi connectivity index (χ1v) is 7.73. The zero-order chi connectivity index (χ0) is 14.2. The summed E-state index contributed by atoms with van der Waals surface area (Å²) in [6.45, 7) is 6.50. The van der Waals surface area contributed by atoms with Gasteiger partial charge in [0, 0.05) is 0 Å². The van der Waals surface area contributed by atoms with Crippen LogP contribution < -0.4 is 10.6 Å². The van der Waals surface area contributed by atoms with Gasteiger partial charge in [-0.05, 0) is 45.7 Å². The maximum Gasteiger partial charge on any atom is 0.127 e. The highest BCUT2D eigenvalue weighted by atomic mass is 35.5. The van der Waals surface area contributed by atoms with Crippen molar-refractivity contribution in [2.24, 2.45) is 4.99 Å². The number of hydrogen-bond donors (Lipinski definition) is 2. The van der Waals surface area contributed by atoms with Crippen molar-refractivity contribution in [3.8, 4) is 0 Å². The Morgan fingerprint density at radius 1 is 1.00 bits per heavy atom. The molecule has 116 valence electrons. The number of benzene rings is 1. The first kappa shape index (κ1) is 16.2. The van der Waals surface area contributed by atoms with Crippen LogP contribution in [0.4, 0.5) is 11.4 Å². The summed E-state index contributed by atoms with van der Waals surface area (Å²) in [5.74, 6) is 1.13. The van der Waals surface area contributed by atoms with Gasteiger partial charge in [0.25, 0.3) is 0 Å². The van der Waals surface area contributed by atoms with Crippen LogP contribution >= 0.6 is 12.4 Å². The number of aliphatic imine (C=N–C) groups is 1. The van der Waals surface area contributed by atoms with Gasteiger partial charge < -0.3 is 10.6 Å². The number of anilines is 2. The molecule has 0 atom stereocenters. The molecule has 0 radical (unpaired) electrons. The lowest BCUT2D eigenvalue weighted by Crippen LogP contribution is -2.54. The molecule has 2 aliphatic rings. The first-order valence-electron chi connectivity index (χ1n) is 7.73. The number of nitrogens with zero attached hydrogens (tertiary/aromatic N) is 1. The quantitative estimate of drug-likeness (QED) is 0.719. The first-order chi connectivity index (χ1) is 9.49. The molecule has 0 saturated heterocycles. The van der Waals surface area contributed by atoms with E-state index in [0.717, 1.165) is 11.5 Å². The lowest BCUT2D eigenvalue weighted by Gasteiger charge is -2.44. The standard InChI is InChI=1S/C17H25N3.ClH/c1-16(2,3)20-15-17(11-7-4-8-12-17)19-14-10-6-5-9-13(14)18-15;/h5-6,9-10,19H,4,7-8,11-12H2,1-3H3,(H,18,20);1H. The molecule has 1 saturated carbocycles. The summed E-state index contributed by atoms with van der Waals surface area (Å²) in [6.07, 6.45) is 6.24. The summed E-state index contributed by atoms with van der Waals surface area (Å²) in [4.78, 5) is 4.99. The minimum atomic E-state index is -0.0548. The summed E-state index contributed by atoms with van der Waals surface area (Å²) >= 11 is 0. The molecule has 1 heterocycles. The number of para-hydroxylation sites is 2. The second kappa shape index (κ2) is 5.88. The van der Waals surface area contributed by atoms with Crippen LogP contribution in [0.3, 0.4) is 0 Å². The van der Waals surface area contributed by atoms with E-state index >= 15 is 0 Å². The minimum Gasteiger partial charge on any atom is -0.371 e. The maximum absolute atomic E-state index is 4.99. The zero-order valence-corrected chi connectivity index (χ0v) is 14.0.